The van der Waals surface area contributed by atoms with Crippen LogP contribution in [0.1, 0.15) is 25.0 Å². The zero-order valence-electron chi connectivity index (χ0n) is 10.8. The van der Waals surface area contributed by atoms with Crippen LogP contribution >= 0.6 is 0 Å². The molecular formula is C12H17F3N4. The summed E-state index contributed by atoms with van der Waals surface area (Å²) in [4.78, 5) is 4.00. The van der Waals surface area contributed by atoms with Gasteiger partial charge < -0.3 is 5.32 Å². The van der Waals surface area contributed by atoms with E-state index in [1.54, 1.807) is 6.07 Å². The third-order valence-corrected chi connectivity index (χ3v) is 2.29. The van der Waals surface area contributed by atoms with Crippen LogP contribution in [0.15, 0.2) is 29.3 Å². The summed E-state index contributed by atoms with van der Waals surface area (Å²) in [5.41, 5.74) is 1.74. The van der Waals surface area contributed by atoms with Gasteiger partial charge in [-0.05, 0) is 25.5 Å². The molecule has 0 aliphatic carbocycles. The molecule has 1 aromatic rings. The molecule has 106 valence electrons. The number of hydrazine groups is 1. The normalized spacial score (nSPS) is 12.7. The second-order valence-corrected chi connectivity index (χ2v) is 4.26. The van der Waals surface area contributed by atoms with Gasteiger partial charge in [0, 0.05) is 6.04 Å². The summed E-state index contributed by atoms with van der Waals surface area (Å²) in [6.45, 7) is 3.64. The molecule has 0 aliphatic heterocycles. The number of guanidine groups is 1. The van der Waals surface area contributed by atoms with E-state index >= 15 is 0 Å². The number of halogens is 3. The summed E-state index contributed by atoms with van der Waals surface area (Å²) >= 11 is 0. The molecule has 0 aromatic heterocycles. The second-order valence-electron chi connectivity index (χ2n) is 4.26. The third kappa shape index (κ3) is 4.78. The van der Waals surface area contributed by atoms with E-state index in [0.29, 0.717) is 0 Å². The highest BCUT2D eigenvalue weighted by Crippen LogP contribution is 2.32. The molecule has 4 N–H and O–H groups in total. The highest BCUT2D eigenvalue weighted by atomic mass is 19.4. The van der Waals surface area contributed by atoms with Gasteiger partial charge in [-0.25, -0.2) is 10.8 Å². The number of nitrogens with two attached hydrogens (primary N) is 1. The molecule has 0 amide bonds. The van der Waals surface area contributed by atoms with Gasteiger partial charge in [-0.15, -0.1) is 0 Å². The fraction of sp³-hybridized carbons (Fsp3) is 0.417. The Morgan fingerprint density at radius 3 is 2.47 bits per heavy atom. The van der Waals surface area contributed by atoms with Crippen LogP contribution in [0, 0.1) is 0 Å². The molecule has 1 rings (SSSR count). The van der Waals surface area contributed by atoms with Crippen molar-refractivity contribution in [2.24, 2.45) is 10.8 Å². The maximum atomic E-state index is 12.8. The number of rotatable bonds is 3. The Balaban J connectivity index is 2.91. The Morgan fingerprint density at radius 1 is 1.32 bits per heavy atom. The largest absolute Gasteiger partial charge is 0.416 e. The first-order valence-electron chi connectivity index (χ1n) is 5.77. The first-order valence-corrected chi connectivity index (χ1v) is 5.77. The van der Waals surface area contributed by atoms with Gasteiger partial charge in [0.15, 0.2) is 0 Å². The molecular weight excluding hydrogens is 257 g/mol. The zero-order chi connectivity index (χ0) is 14.5. The molecule has 0 unspecified atom stereocenters. The van der Waals surface area contributed by atoms with Crippen molar-refractivity contribution in [2.45, 2.75) is 32.6 Å². The average Bonchev–Trinajstić information content (AvgIpc) is 2.33. The van der Waals surface area contributed by atoms with E-state index in [2.05, 4.69) is 15.7 Å². The van der Waals surface area contributed by atoms with Crippen molar-refractivity contribution in [3.63, 3.8) is 0 Å². The van der Waals surface area contributed by atoms with Crippen LogP contribution in [-0.4, -0.2) is 12.0 Å². The van der Waals surface area contributed by atoms with Gasteiger partial charge in [-0.3, -0.25) is 5.43 Å². The highest BCUT2D eigenvalue weighted by Gasteiger charge is 2.32. The van der Waals surface area contributed by atoms with Crippen LogP contribution in [0.3, 0.4) is 0 Å². The third-order valence-electron chi connectivity index (χ3n) is 2.29. The van der Waals surface area contributed by atoms with E-state index in [1.165, 1.54) is 12.1 Å². The molecule has 0 heterocycles. The maximum absolute atomic E-state index is 12.8. The summed E-state index contributed by atoms with van der Waals surface area (Å²) in [5.74, 6) is 5.50. The summed E-state index contributed by atoms with van der Waals surface area (Å²) in [6.07, 6.45) is -4.38. The monoisotopic (exact) mass is 274 g/mol. The second kappa shape index (κ2) is 6.42. The lowest BCUT2D eigenvalue weighted by Crippen LogP contribution is -2.44. The van der Waals surface area contributed by atoms with Crippen LogP contribution in [0.25, 0.3) is 0 Å². The fourth-order valence-electron chi connectivity index (χ4n) is 1.51. The number of benzene rings is 1. The smallest absolute Gasteiger partial charge is 0.353 e. The van der Waals surface area contributed by atoms with Crippen molar-refractivity contribution in [1.29, 1.82) is 0 Å². The quantitative estimate of drug-likeness (QED) is 0.342. The molecule has 19 heavy (non-hydrogen) atoms. The Bertz CT molecular complexity index is 441. The topological polar surface area (TPSA) is 62.4 Å². The number of hydrogen-bond donors (Lipinski definition) is 3. The van der Waals surface area contributed by atoms with Crippen molar-refractivity contribution in [2.75, 3.05) is 0 Å². The lowest BCUT2D eigenvalue weighted by Gasteiger charge is -2.14. The van der Waals surface area contributed by atoms with Gasteiger partial charge in [0.2, 0.25) is 5.96 Å². The Labute approximate surface area is 109 Å². The molecule has 0 spiro atoms. The fourth-order valence-corrected chi connectivity index (χ4v) is 1.51. The molecule has 0 atom stereocenters. The molecule has 0 radical (unpaired) electrons. The number of aliphatic imine (C=N–C) groups is 1. The van der Waals surface area contributed by atoms with E-state index in [0.717, 1.165) is 6.07 Å². The van der Waals surface area contributed by atoms with Crippen molar-refractivity contribution < 1.29 is 13.2 Å². The van der Waals surface area contributed by atoms with E-state index in [1.807, 2.05) is 13.8 Å². The van der Waals surface area contributed by atoms with Crippen molar-refractivity contribution in [3.05, 3.63) is 35.4 Å². The van der Waals surface area contributed by atoms with Gasteiger partial charge in [0.05, 0.1) is 12.1 Å². The zero-order valence-corrected chi connectivity index (χ0v) is 10.8. The number of hydrogen-bond acceptors (Lipinski definition) is 2. The van der Waals surface area contributed by atoms with Gasteiger partial charge in [-0.1, -0.05) is 18.2 Å². The minimum absolute atomic E-state index is 0.0765. The van der Waals surface area contributed by atoms with E-state index in [9.17, 15) is 13.2 Å². The van der Waals surface area contributed by atoms with E-state index in [-0.39, 0.29) is 24.1 Å². The average molecular weight is 274 g/mol. The molecule has 0 saturated heterocycles. The standard InChI is InChI=1S/C12H17F3N4/c1-8(2)18-11(19-16)17-7-9-5-3-4-6-10(9)12(13,14)15/h3-6,8H,7,16H2,1-2H3,(H2,17,18,19). The first-order chi connectivity index (χ1) is 8.84. The van der Waals surface area contributed by atoms with Gasteiger partial charge in [0.1, 0.15) is 0 Å². The molecule has 0 saturated carbocycles. The van der Waals surface area contributed by atoms with Crippen LogP contribution < -0.4 is 16.6 Å². The van der Waals surface area contributed by atoms with Crippen LogP contribution in [0.5, 0.6) is 0 Å². The number of nitrogens with one attached hydrogen (secondary N) is 2. The van der Waals surface area contributed by atoms with Crippen LogP contribution in [0.2, 0.25) is 0 Å². The minimum Gasteiger partial charge on any atom is -0.353 e. The Hall–Kier alpha value is -1.76. The molecule has 7 heteroatoms. The van der Waals surface area contributed by atoms with Gasteiger partial charge in [-0.2, -0.15) is 13.2 Å². The SMILES string of the molecule is CC(C)NC(=NCc1ccccc1C(F)(F)F)NN. The van der Waals surface area contributed by atoms with Crippen molar-refractivity contribution in [1.82, 2.24) is 10.7 Å². The molecule has 0 aliphatic rings. The lowest BCUT2D eigenvalue weighted by molar-refractivity contribution is -0.138. The summed E-state index contributed by atoms with van der Waals surface area (Å²) in [6, 6.07) is 5.41. The number of alkyl halides is 3. The molecule has 4 nitrogen and oxygen atoms in total. The predicted octanol–water partition coefficient (Wildman–Crippen LogP) is 2.02. The highest BCUT2D eigenvalue weighted by molar-refractivity contribution is 5.79. The summed E-state index contributed by atoms with van der Waals surface area (Å²) < 4.78 is 38.3. The molecule has 1 aromatic carbocycles. The lowest BCUT2D eigenvalue weighted by atomic mass is 10.1. The van der Waals surface area contributed by atoms with Gasteiger partial charge >= 0.3 is 6.18 Å². The van der Waals surface area contributed by atoms with Gasteiger partial charge in [0.25, 0.3) is 0 Å². The minimum atomic E-state index is -4.38. The maximum Gasteiger partial charge on any atom is 0.416 e. The molecule has 0 fully saturated rings. The first kappa shape index (κ1) is 15.3. The van der Waals surface area contributed by atoms with Crippen molar-refractivity contribution in [3.8, 4) is 0 Å². The van der Waals surface area contributed by atoms with Crippen molar-refractivity contribution >= 4 is 5.96 Å². The molecule has 0 bridgehead atoms. The van der Waals surface area contributed by atoms with E-state index < -0.39 is 11.7 Å². The predicted molar refractivity (Wildman–Crippen MR) is 68.2 cm³/mol. The summed E-state index contributed by atoms with van der Waals surface area (Å²) in [7, 11) is 0. The van der Waals surface area contributed by atoms with Crippen LogP contribution in [0.4, 0.5) is 13.2 Å². The number of nitrogens with zero attached hydrogens (tertiary/aromatic N) is 1. The van der Waals surface area contributed by atoms with Crippen LogP contribution in [-0.2, 0) is 12.7 Å². The van der Waals surface area contributed by atoms with E-state index in [4.69, 9.17) is 5.84 Å². The Kier molecular flexibility index (Phi) is 5.17. The Morgan fingerprint density at radius 2 is 1.95 bits per heavy atom. The summed E-state index contributed by atoms with van der Waals surface area (Å²) in [5, 5.41) is 2.89.